The van der Waals surface area contributed by atoms with Gasteiger partial charge in [0.25, 0.3) is 0 Å². The minimum Gasteiger partial charge on any atom is -0.328 e. The normalized spacial score (nSPS) is 18.5. The highest BCUT2D eigenvalue weighted by Crippen LogP contribution is 2.39. The lowest BCUT2D eigenvalue weighted by molar-refractivity contribution is 0.200. The van der Waals surface area contributed by atoms with Crippen molar-refractivity contribution >= 4 is 42.6 Å². The molecule has 17 heavy (non-hydrogen) atoms. The smallest absolute Gasteiger partial charge is 0.328 e. The highest BCUT2D eigenvalue weighted by atomic mass is 35.6. The van der Waals surface area contributed by atoms with Crippen molar-refractivity contribution in [3.63, 3.8) is 0 Å². The molecule has 0 radical (unpaired) electrons. The quantitative estimate of drug-likeness (QED) is 0.535. The van der Waals surface area contributed by atoms with Crippen LogP contribution in [-0.2, 0) is 9.09 Å². The largest absolute Gasteiger partial charge is 0.469 e. The van der Waals surface area contributed by atoms with E-state index in [1.165, 1.54) is 32.1 Å². The number of hydrogen-bond donors (Lipinski definition) is 3. The molecule has 0 spiro atoms. The fourth-order valence-electron chi connectivity index (χ4n) is 1.29. The van der Waals surface area contributed by atoms with E-state index >= 15 is 0 Å². The molecule has 0 heterocycles. The van der Waals surface area contributed by atoms with E-state index in [1.807, 2.05) is 0 Å². The Labute approximate surface area is 116 Å². The first-order valence-corrected chi connectivity index (χ1v) is 7.79. The molecule has 104 valence electrons. The number of nitrogens with two attached hydrogens (primary N) is 1. The zero-order valence-corrected chi connectivity index (χ0v) is 12.4. The molecule has 1 saturated carbocycles. The fraction of sp³-hybridized carbons (Fsp3) is 1.00. The van der Waals surface area contributed by atoms with Gasteiger partial charge >= 0.3 is 7.82 Å². The minimum absolute atomic E-state index is 0.536. The van der Waals surface area contributed by atoms with Crippen LogP contribution in [0.4, 0.5) is 0 Å². The number of hydrogen-bond acceptors (Lipinski definition) is 3. The molecular weight excluding hydrogens is 311 g/mol. The van der Waals surface area contributed by atoms with Gasteiger partial charge in [-0.1, -0.05) is 54.1 Å². The van der Waals surface area contributed by atoms with Gasteiger partial charge in [0.15, 0.2) is 0 Å². The number of phosphoric ester groups is 1. The van der Waals surface area contributed by atoms with Gasteiger partial charge in [0.2, 0.25) is 3.79 Å². The van der Waals surface area contributed by atoms with Crippen LogP contribution in [0.3, 0.4) is 0 Å². The molecule has 1 fully saturated rings. The average Bonchev–Trinajstić information content (AvgIpc) is 2.15. The summed E-state index contributed by atoms with van der Waals surface area (Å²) >= 11 is 15.3. The predicted octanol–water partition coefficient (Wildman–Crippen LogP) is 2.74. The van der Waals surface area contributed by atoms with E-state index in [-0.39, 0.29) is 0 Å². The number of halogens is 3. The highest BCUT2D eigenvalue weighted by molar-refractivity contribution is 7.46. The second-order valence-corrected chi connectivity index (χ2v) is 7.53. The first kappa shape index (κ1) is 17.9. The lowest BCUT2D eigenvalue weighted by Gasteiger charge is -2.15. The molecule has 0 aromatic carbocycles. The summed E-state index contributed by atoms with van der Waals surface area (Å²) in [5.74, 6) is 0. The molecule has 0 aromatic heterocycles. The van der Waals surface area contributed by atoms with Crippen molar-refractivity contribution in [2.24, 2.45) is 5.73 Å². The zero-order chi connectivity index (χ0) is 13.5. The summed E-state index contributed by atoms with van der Waals surface area (Å²) in [5.41, 5.74) is 5.63. The fourth-order valence-corrected chi connectivity index (χ4v) is 2.05. The number of alkyl halides is 3. The molecule has 0 saturated heterocycles. The summed E-state index contributed by atoms with van der Waals surface area (Å²) in [7, 11) is -4.52. The van der Waals surface area contributed by atoms with E-state index in [4.69, 9.17) is 50.3 Å². The molecule has 1 aliphatic rings. The summed E-state index contributed by atoms with van der Waals surface area (Å²) in [4.78, 5) is 16.2. The average molecular weight is 329 g/mol. The second-order valence-electron chi connectivity index (χ2n) is 3.78. The molecule has 4 N–H and O–H groups in total. The lowest BCUT2D eigenvalue weighted by atomic mass is 9.97. The maximum Gasteiger partial charge on any atom is 0.469 e. The lowest BCUT2D eigenvalue weighted by Crippen LogP contribution is -2.22. The van der Waals surface area contributed by atoms with Crippen LogP contribution in [0.2, 0.25) is 0 Å². The van der Waals surface area contributed by atoms with Crippen LogP contribution in [0.25, 0.3) is 0 Å². The van der Waals surface area contributed by atoms with Crippen LogP contribution in [-0.4, -0.2) is 26.2 Å². The van der Waals surface area contributed by atoms with Gasteiger partial charge in [0, 0.05) is 6.04 Å². The first-order valence-electron chi connectivity index (χ1n) is 5.12. The van der Waals surface area contributed by atoms with E-state index in [0.717, 1.165) is 0 Å². The van der Waals surface area contributed by atoms with Crippen LogP contribution in [0.5, 0.6) is 0 Å². The van der Waals surface area contributed by atoms with Crippen molar-refractivity contribution in [1.29, 1.82) is 0 Å². The Morgan fingerprint density at radius 1 is 1.24 bits per heavy atom. The Hall–Kier alpha value is 0.940. The van der Waals surface area contributed by atoms with Crippen LogP contribution < -0.4 is 5.73 Å². The van der Waals surface area contributed by atoms with E-state index in [9.17, 15) is 4.57 Å². The van der Waals surface area contributed by atoms with Crippen molar-refractivity contribution in [3.05, 3.63) is 0 Å². The van der Waals surface area contributed by atoms with Gasteiger partial charge in [-0.15, -0.1) is 0 Å². The standard InChI is InChI=1S/C6H13N.C2H4Cl3O4P/c7-6-4-2-1-3-5-6;3-2(4,5)1-9-10(6,7)8/h6H,1-5,7H2;1H2,(H2,6,7,8). The number of phosphoric acid groups is 1. The second kappa shape index (κ2) is 8.18. The molecule has 5 nitrogen and oxygen atoms in total. The van der Waals surface area contributed by atoms with E-state index in [0.29, 0.717) is 6.04 Å². The van der Waals surface area contributed by atoms with Crippen molar-refractivity contribution in [1.82, 2.24) is 0 Å². The Morgan fingerprint density at radius 3 is 1.88 bits per heavy atom. The van der Waals surface area contributed by atoms with E-state index < -0.39 is 18.2 Å². The Balaban J connectivity index is 0.000000318. The highest BCUT2D eigenvalue weighted by Gasteiger charge is 2.25. The maximum absolute atomic E-state index is 9.97. The summed E-state index contributed by atoms with van der Waals surface area (Å²) in [6, 6.07) is 0.536. The molecule has 9 heteroatoms. The SMILES string of the molecule is NC1CCCCC1.O=P(O)(O)OCC(Cl)(Cl)Cl. The first-order chi connectivity index (χ1) is 7.60. The van der Waals surface area contributed by atoms with Gasteiger partial charge in [-0.25, -0.2) is 4.57 Å². The van der Waals surface area contributed by atoms with Gasteiger partial charge in [-0.2, -0.15) is 0 Å². The van der Waals surface area contributed by atoms with Gasteiger partial charge in [0.05, 0.1) is 0 Å². The van der Waals surface area contributed by atoms with Crippen LogP contribution in [0.15, 0.2) is 0 Å². The monoisotopic (exact) mass is 327 g/mol. The van der Waals surface area contributed by atoms with Crippen LogP contribution in [0.1, 0.15) is 32.1 Å². The minimum atomic E-state index is -4.52. The van der Waals surface area contributed by atoms with E-state index in [2.05, 4.69) is 4.52 Å². The Morgan fingerprint density at radius 2 is 1.71 bits per heavy atom. The zero-order valence-electron chi connectivity index (χ0n) is 9.19. The van der Waals surface area contributed by atoms with E-state index in [1.54, 1.807) is 0 Å². The summed E-state index contributed by atoms with van der Waals surface area (Å²) in [6.45, 7) is -0.637. The van der Waals surface area contributed by atoms with Gasteiger partial charge < -0.3 is 15.5 Å². The maximum atomic E-state index is 9.97. The predicted molar refractivity (Wildman–Crippen MR) is 69.3 cm³/mol. The Kier molecular flexibility index (Phi) is 8.63. The molecule has 0 atom stereocenters. The molecule has 0 amide bonds. The molecule has 0 unspecified atom stereocenters. The van der Waals surface area contributed by atoms with Crippen molar-refractivity contribution in [2.45, 2.75) is 41.9 Å². The van der Waals surface area contributed by atoms with Crippen molar-refractivity contribution in [2.75, 3.05) is 6.61 Å². The van der Waals surface area contributed by atoms with Gasteiger partial charge in [0.1, 0.15) is 6.61 Å². The summed E-state index contributed by atoms with van der Waals surface area (Å²) in [5, 5.41) is 0. The third-order valence-electron chi connectivity index (χ3n) is 2.05. The molecule has 0 aromatic rings. The third kappa shape index (κ3) is 14.9. The van der Waals surface area contributed by atoms with Crippen LogP contribution >= 0.6 is 42.6 Å². The number of rotatable bonds is 2. The van der Waals surface area contributed by atoms with Gasteiger partial charge in [-0.3, -0.25) is 4.52 Å². The molecular formula is C8H17Cl3NO4P. The summed E-state index contributed by atoms with van der Waals surface area (Å²) < 4.78 is 12.0. The molecule has 1 rings (SSSR count). The molecule has 0 bridgehead atoms. The molecule has 1 aliphatic carbocycles. The van der Waals surface area contributed by atoms with Crippen LogP contribution in [0, 0.1) is 0 Å². The topological polar surface area (TPSA) is 92.8 Å². The third-order valence-corrected chi connectivity index (χ3v) is 2.84. The van der Waals surface area contributed by atoms with Gasteiger partial charge in [-0.05, 0) is 12.8 Å². The summed E-state index contributed by atoms with van der Waals surface area (Å²) in [6.07, 6.45) is 6.66. The Bertz CT molecular complexity index is 250. The van der Waals surface area contributed by atoms with Crippen molar-refractivity contribution in [3.8, 4) is 0 Å². The molecule has 0 aliphatic heterocycles. The van der Waals surface area contributed by atoms with Crippen molar-refractivity contribution < 1.29 is 18.9 Å².